The number of carbonyl (C=O) groups excluding carboxylic acids is 2. The zero-order valence-electron chi connectivity index (χ0n) is 16.2. The van der Waals surface area contributed by atoms with Crippen molar-refractivity contribution in [1.29, 1.82) is 0 Å². The fourth-order valence-corrected chi connectivity index (χ4v) is 3.68. The Balaban J connectivity index is 1.52. The van der Waals surface area contributed by atoms with Gasteiger partial charge in [0.1, 0.15) is 5.01 Å². The van der Waals surface area contributed by atoms with Gasteiger partial charge < -0.3 is 10.6 Å². The largest absolute Gasteiger partial charge is 0.416 e. The number of amides is 2. The maximum Gasteiger partial charge on any atom is 0.416 e. The van der Waals surface area contributed by atoms with Gasteiger partial charge in [-0.05, 0) is 36.8 Å². The highest BCUT2D eigenvalue weighted by molar-refractivity contribution is 7.13. The van der Waals surface area contributed by atoms with Crippen molar-refractivity contribution in [2.75, 3.05) is 11.9 Å². The molecule has 162 valence electrons. The van der Waals surface area contributed by atoms with Crippen LogP contribution in [0.2, 0.25) is 5.02 Å². The van der Waals surface area contributed by atoms with Crippen LogP contribution in [0.3, 0.4) is 0 Å². The first-order valence-corrected chi connectivity index (χ1v) is 10.4. The van der Waals surface area contributed by atoms with E-state index in [1.165, 1.54) is 23.5 Å². The van der Waals surface area contributed by atoms with E-state index in [1.54, 1.807) is 30.5 Å². The molecule has 3 rings (SSSR count). The van der Waals surface area contributed by atoms with Gasteiger partial charge in [0.2, 0.25) is 0 Å². The summed E-state index contributed by atoms with van der Waals surface area (Å²) in [5, 5.41) is 7.80. The van der Waals surface area contributed by atoms with E-state index >= 15 is 0 Å². The second-order valence-electron chi connectivity index (χ2n) is 6.64. The Morgan fingerprint density at radius 1 is 1.10 bits per heavy atom. The number of aryl methyl sites for hydroxylation is 1. The molecular formula is C21H17ClF3N3O2S. The minimum atomic E-state index is -4.39. The Morgan fingerprint density at radius 2 is 1.81 bits per heavy atom. The highest BCUT2D eigenvalue weighted by Crippen LogP contribution is 2.31. The molecule has 1 heterocycles. The van der Waals surface area contributed by atoms with Crippen molar-refractivity contribution in [2.45, 2.75) is 19.5 Å². The molecule has 0 radical (unpaired) electrons. The summed E-state index contributed by atoms with van der Waals surface area (Å²) in [7, 11) is 0. The number of hydrogen-bond donors (Lipinski definition) is 2. The zero-order valence-corrected chi connectivity index (χ0v) is 17.8. The summed E-state index contributed by atoms with van der Waals surface area (Å²) in [6.45, 7) is 1.96. The molecule has 0 atom stereocenters. The molecule has 1 aromatic heterocycles. The van der Waals surface area contributed by atoms with E-state index in [4.69, 9.17) is 11.6 Å². The number of nitrogens with zero attached hydrogens (tertiary/aromatic N) is 1. The Hall–Kier alpha value is -2.91. The van der Waals surface area contributed by atoms with Crippen molar-refractivity contribution >= 4 is 40.4 Å². The summed E-state index contributed by atoms with van der Waals surface area (Å²) in [6.07, 6.45) is -4.02. The molecule has 2 amide bonds. The van der Waals surface area contributed by atoms with Crippen LogP contribution in [0, 0.1) is 6.92 Å². The highest BCUT2D eigenvalue weighted by atomic mass is 35.5. The minimum Gasteiger partial charge on any atom is -0.347 e. The lowest BCUT2D eigenvalue weighted by atomic mass is 10.1. The number of carbonyl (C=O) groups is 2. The molecule has 31 heavy (non-hydrogen) atoms. The van der Waals surface area contributed by atoms with Gasteiger partial charge in [-0.25, -0.2) is 4.98 Å². The van der Waals surface area contributed by atoms with Gasteiger partial charge in [0.25, 0.3) is 0 Å². The van der Waals surface area contributed by atoms with Crippen LogP contribution in [-0.4, -0.2) is 23.3 Å². The first-order chi connectivity index (χ1) is 14.6. The van der Waals surface area contributed by atoms with E-state index in [2.05, 4.69) is 15.6 Å². The fraction of sp³-hybridized carbons (Fsp3) is 0.190. The van der Waals surface area contributed by atoms with Crippen molar-refractivity contribution in [3.05, 3.63) is 69.7 Å². The van der Waals surface area contributed by atoms with Crippen LogP contribution < -0.4 is 10.6 Å². The number of benzene rings is 2. The Labute approximate surface area is 185 Å². The summed E-state index contributed by atoms with van der Waals surface area (Å²) in [4.78, 5) is 28.4. The fourth-order valence-electron chi connectivity index (χ4n) is 2.65. The SMILES string of the molecule is Cc1ccc(Cl)cc1NC(=O)C(=O)NCCc1csc(-c2ccc(C(F)(F)F)cc2)n1. The van der Waals surface area contributed by atoms with Crippen molar-refractivity contribution in [3.8, 4) is 10.6 Å². The van der Waals surface area contributed by atoms with Crippen LogP contribution in [-0.2, 0) is 22.2 Å². The number of nitrogens with one attached hydrogen (secondary N) is 2. The predicted molar refractivity (Wildman–Crippen MR) is 114 cm³/mol. The van der Waals surface area contributed by atoms with Crippen LogP contribution in [0.15, 0.2) is 47.8 Å². The maximum atomic E-state index is 12.7. The quantitative estimate of drug-likeness (QED) is 0.513. The van der Waals surface area contributed by atoms with Gasteiger partial charge in [-0.1, -0.05) is 29.8 Å². The molecule has 0 spiro atoms. The van der Waals surface area contributed by atoms with Crippen molar-refractivity contribution < 1.29 is 22.8 Å². The molecule has 5 nitrogen and oxygen atoms in total. The van der Waals surface area contributed by atoms with E-state index in [0.717, 1.165) is 17.7 Å². The number of aromatic nitrogens is 1. The maximum absolute atomic E-state index is 12.7. The lowest BCUT2D eigenvalue weighted by Crippen LogP contribution is -2.36. The Bertz CT molecular complexity index is 1100. The third-order valence-electron chi connectivity index (χ3n) is 4.33. The molecule has 0 aliphatic heterocycles. The summed E-state index contributed by atoms with van der Waals surface area (Å²) in [5.41, 5.74) is 1.73. The number of alkyl halides is 3. The molecule has 0 saturated carbocycles. The van der Waals surface area contributed by atoms with E-state index in [1.807, 2.05) is 0 Å². The Kier molecular flexibility index (Phi) is 6.97. The third-order valence-corrected chi connectivity index (χ3v) is 5.51. The first kappa shape index (κ1) is 22.8. The van der Waals surface area contributed by atoms with Crippen LogP contribution in [0.5, 0.6) is 0 Å². The summed E-state index contributed by atoms with van der Waals surface area (Å²) in [5.74, 6) is -1.60. The van der Waals surface area contributed by atoms with Crippen molar-refractivity contribution in [2.24, 2.45) is 0 Å². The normalized spacial score (nSPS) is 11.3. The molecule has 0 unspecified atom stereocenters. The van der Waals surface area contributed by atoms with E-state index < -0.39 is 23.6 Å². The molecule has 2 aromatic carbocycles. The van der Waals surface area contributed by atoms with E-state index in [0.29, 0.717) is 33.4 Å². The molecule has 3 aromatic rings. The number of anilines is 1. The zero-order chi connectivity index (χ0) is 22.6. The number of thiazole rings is 1. The Morgan fingerprint density at radius 3 is 2.48 bits per heavy atom. The van der Waals surface area contributed by atoms with Gasteiger partial charge >= 0.3 is 18.0 Å². The van der Waals surface area contributed by atoms with E-state index in [9.17, 15) is 22.8 Å². The van der Waals surface area contributed by atoms with Crippen LogP contribution in [0.1, 0.15) is 16.8 Å². The predicted octanol–water partition coefficient (Wildman–Crippen LogP) is 5.09. The number of halogens is 4. The molecular weight excluding hydrogens is 451 g/mol. The van der Waals surface area contributed by atoms with Gasteiger partial charge in [-0.15, -0.1) is 11.3 Å². The highest BCUT2D eigenvalue weighted by Gasteiger charge is 2.30. The molecule has 10 heteroatoms. The molecule has 0 aliphatic rings. The standard InChI is InChI=1S/C21H17ClF3N3O2S/c1-12-2-7-15(22)10-17(12)28-19(30)18(29)26-9-8-16-11-31-20(27-16)13-3-5-14(6-4-13)21(23,24)25/h2-7,10-11H,8-9H2,1H3,(H,26,29)(H,28,30). The smallest absolute Gasteiger partial charge is 0.347 e. The summed E-state index contributed by atoms with van der Waals surface area (Å²) in [6, 6.07) is 9.73. The van der Waals surface area contributed by atoms with Gasteiger partial charge in [-0.3, -0.25) is 9.59 Å². The average molecular weight is 468 g/mol. The molecule has 2 N–H and O–H groups in total. The molecule has 0 bridgehead atoms. The lowest BCUT2D eigenvalue weighted by molar-refractivity contribution is -0.137. The second-order valence-corrected chi connectivity index (χ2v) is 7.93. The molecule has 0 aliphatic carbocycles. The van der Waals surface area contributed by atoms with Crippen LogP contribution in [0.25, 0.3) is 10.6 Å². The lowest BCUT2D eigenvalue weighted by Gasteiger charge is -2.09. The summed E-state index contributed by atoms with van der Waals surface area (Å²) >= 11 is 7.19. The van der Waals surface area contributed by atoms with E-state index in [-0.39, 0.29) is 6.54 Å². The van der Waals surface area contributed by atoms with Gasteiger partial charge in [0.15, 0.2) is 0 Å². The van der Waals surface area contributed by atoms with Crippen LogP contribution >= 0.6 is 22.9 Å². The summed E-state index contributed by atoms with van der Waals surface area (Å²) < 4.78 is 38.0. The van der Waals surface area contributed by atoms with Crippen molar-refractivity contribution in [3.63, 3.8) is 0 Å². The topological polar surface area (TPSA) is 71.1 Å². The van der Waals surface area contributed by atoms with Gasteiger partial charge in [0.05, 0.1) is 11.3 Å². The third kappa shape index (κ3) is 6.05. The monoisotopic (exact) mass is 467 g/mol. The minimum absolute atomic E-state index is 0.178. The average Bonchev–Trinajstić information content (AvgIpc) is 3.19. The van der Waals surface area contributed by atoms with Crippen LogP contribution in [0.4, 0.5) is 18.9 Å². The second kappa shape index (κ2) is 9.49. The number of rotatable bonds is 5. The van der Waals surface area contributed by atoms with Gasteiger partial charge in [-0.2, -0.15) is 13.2 Å². The molecule has 0 saturated heterocycles. The van der Waals surface area contributed by atoms with Gasteiger partial charge in [0, 0.05) is 34.6 Å². The first-order valence-electron chi connectivity index (χ1n) is 9.11. The molecule has 0 fully saturated rings. The number of hydrogen-bond acceptors (Lipinski definition) is 4. The van der Waals surface area contributed by atoms with Crippen molar-refractivity contribution in [1.82, 2.24) is 10.3 Å².